The van der Waals surface area contributed by atoms with Crippen LogP contribution in [0.3, 0.4) is 0 Å². The smallest absolute Gasteiger partial charge is 0.416 e. The molecule has 0 aliphatic carbocycles. The topological polar surface area (TPSA) is 174 Å². The Hall–Kier alpha value is -6.04. The van der Waals surface area contributed by atoms with Crippen LogP contribution in [0.15, 0.2) is 95.8 Å². The van der Waals surface area contributed by atoms with Gasteiger partial charge in [0, 0.05) is 25.0 Å². The molecule has 1 aromatic heterocycles. The lowest BCUT2D eigenvalue weighted by Crippen LogP contribution is -2.53. The number of aliphatic hydroxyl groups is 2. The fraction of sp³-hybridized carbons (Fsp3) is 0.341. The Morgan fingerprint density at radius 2 is 1.33 bits per heavy atom. The van der Waals surface area contributed by atoms with Gasteiger partial charge in [-0.2, -0.15) is 18.2 Å². The number of fused-ring (bicyclic) bond motifs is 1. The molecule has 326 valence electrons. The number of para-hydroxylation sites is 1. The molecule has 0 saturated heterocycles. The van der Waals surface area contributed by atoms with Crippen molar-refractivity contribution in [2.75, 3.05) is 19.6 Å². The number of aromatic nitrogens is 2. The predicted octanol–water partition coefficient (Wildman–Crippen LogP) is 6.17. The molecule has 0 saturated carbocycles. The van der Waals surface area contributed by atoms with E-state index in [2.05, 4.69) is 37.6 Å². The van der Waals surface area contributed by atoms with Crippen LogP contribution in [0.4, 0.5) is 22.0 Å². The number of rotatable bonds is 16. The molecule has 4 N–H and O–H groups in total. The maximum atomic E-state index is 14.6. The van der Waals surface area contributed by atoms with Gasteiger partial charge in [-0.15, -0.1) is 0 Å². The highest BCUT2D eigenvalue weighted by Gasteiger charge is 2.32. The fourth-order valence-corrected chi connectivity index (χ4v) is 6.88. The monoisotopic (exact) mass is 854 g/mol. The summed E-state index contributed by atoms with van der Waals surface area (Å²) >= 11 is 0. The van der Waals surface area contributed by atoms with Crippen LogP contribution in [-0.2, 0) is 46.5 Å². The quantitative estimate of drug-likeness (QED) is 0.0841. The lowest BCUT2D eigenvalue weighted by molar-refractivity contribution is -0.165. The zero-order valence-electron chi connectivity index (χ0n) is 33.9. The molecule has 2 unspecified atom stereocenters. The molecule has 4 aromatic carbocycles. The summed E-state index contributed by atoms with van der Waals surface area (Å²) in [7, 11) is 0. The molecule has 0 aliphatic heterocycles. The number of carboxylic acid groups (broad SMARTS) is 2. The van der Waals surface area contributed by atoms with E-state index in [0.717, 1.165) is 42.4 Å². The first-order valence-corrected chi connectivity index (χ1v) is 19.2. The largest absolute Gasteiger partial charge is 0.479 e. The lowest BCUT2D eigenvalue weighted by Gasteiger charge is -2.41. The Kier molecular flexibility index (Phi) is 16.0. The molecule has 5 aromatic rings. The van der Waals surface area contributed by atoms with Crippen molar-refractivity contribution in [2.24, 2.45) is 0 Å². The second-order valence-corrected chi connectivity index (χ2v) is 14.7. The molecule has 1 heterocycles. The number of halogens is 5. The highest BCUT2D eigenvalue weighted by molar-refractivity contribution is 5.83. The average Bonchev–Trinajstić information content (AvgIpc) is 3.22. The Balaban J connectivity index is 0.000000727. The molecule has 61 heavy (non-hydrogen) atoms. The molecule has 0 radical (unpaired) electrons. The number of hydrogen-bond donors (Lipinski definition) is 4. The molecule has 0 aliphatic rings. The summed E-state index contributed by atoms with van der Waals surface area (Å²) < 4.78 is 69.5. The lowest BCUT2D eigenvalue weighted by atomic mass is 10.00. The van der Waals surface area contributed by atoms with Gasteiger partial charge in [0.15, 0.2) is 23.8 Å². The highest BCUT2D eigenvalue weighted by Crippen LogP contribution is 2.31. The maximum absolute atomic E-state index is 14.6. The number of alkyl halides is 3. The number of benzene rings is 4. The predicted molar refractivity (Wildman–Crippen MR) is 216 cm³/mol. The third-order valence-electron chi connectivity index (χ3n) is 10.1. The summed E-state index contributed by atoms with van der Waals surface area (Å²) in [4.78, 5) is 55.3. The van der Waals surface area contributed by atoms with E-state index in [9.17, 15) is 41.1 Å². The molecular formula is C44H47F5N4O8. The van der Waals surface area contributed by atoms with E-state index < -0.39 is 58.6 Å². The first-order chi connectivity index (χ1) is 28.7. The van der Waals surface area contributed by atoms with Crippen LogP contribution in [0, 0.1) is 11.6 Å². The molecule has 17 heteroatoms. The van der Waals surface area contributed by atoms with E-state index in [0.29, 0.717) is 23.0 Å². The second kappa shape index (κ2) is 20.5. The van der Waals surface area contributed by atoms with E-state index in [-0.39, 0.29) is 43.2 Å². The first kappa shape index (κ1) is 47.6. The third kappa shape index (κ3) is 12.3. The number of amides is 1. The molecule has 0 fully saturated rings. The molecule has 0 bridgehead atoms. The van der Waals surface area contributed by atoms with Crippen LogP contribution in [0.5, 0.6) is 0 Å². The van der Waals surface area contributed by atoms with Crippen molar-refractivity contribution in [1.82, 2.24) is 19.4 Å². The summed E-state index contributed by atoms with van der Waals surface area (Å²) in [5.41, 5.74) is 1.22. The van der Waals surface area contributed by atoms with Gasteiger partial charge in [-0.3, -0.25) is 14.5 Å². The number of aliphatic hydroxyl groups excluding tert-OH is 2. The van der Waals surface area contributed by atoms with Gasteiger partial charge in [-0.25, -0.2) is 18.4 Å². The molecule has 0 spiro atoms. The SMILES string of the molecule is CCN(CC)C(C)(C)CN(Cc1ccc(-c2ccc(C(F)(F)F)cc2)cc1)C(=O)Cn1c(CCc2cccc(F)c2F)nc(=O)c2ccccc21.O=C(O)C(O)C(O)C(=O)O. The molecule has 1 amide bonds. The molecular weight excluding hydrogens is 807 g/mol. The Labute approximate surface area is 348 Å². The molecule has 5 rings (SSSR count). The summed E-state index contributed by atoms with van der Waals surface area (Å²) in [5, 5.41) is 32.9. The molecule has 12 nitrogen and oxygen atoms in total. The van der Waals surface area contributed by atoms with Crippen LogP contribution in [-0.4, -0.2) is 95.0 Å². The Morgan fingerprint density at radius 1 is 0.770 bits per heavy atom. The number of likely N-dealkylation sites (N-methyl/N-ethyl adjacent to an activating group) is 1. The number of aryl methyl sites for hydroxylation is 2. The second-order valence-electron chi connectivity index (χ2n) is 14.7. The average molecular weight is 855 g/mol. The zero-order valence-corrected chi connectivity index (χ0v) is 33.9. The maximum Gasteiger partial charge on any atom is 0.416 e. The van der Waals surface area contributed by atoms with Gasteiger partial charge in [0.25, 0.3) is 5.56 Å². The number of carbonyl (C=O) groups is 3. The van der Waals surface area contributed by atoms with E-state index in [4.69, 9.17) is 20.4 Å². The van der Waals surface area contributed by atoms with Crippen LogP contribution >= 0.6 is 0 Å². The van der Waals surface area contributed by atoms with Crippen LogP contribution < -0.4 is 5.56 Å². The summed E-state index contributed by atoms with van der Waals surface area (Å²) in [6.45, 7) is 10.2. The third-order valence-corrected chi connectivity index (χ3v) is 10.1. The van der Waals surface area contributed by atoms with E-state index in [1.165, 1.54) is 24.3 Å². The van der Waals surface area contributed by atoms with Crippen LogP contribution in [0.1, 0.15) is 50.2 Å². The summed E-state index contributed by atoms with van der Waals surface area (Å²) in [6, 6.07) is 23.1. The molecule has 2 atom stereocenters. The number of hydrogen-bond acceptors (Lipinski definition) is 8. The van der Waals surface area contributed by atoms with Crippen molar-refractivity contribution in [3.8, 4) is 11.1 Å². The van der Waals surface area contributed by atoms with Gasteiger partial charge in [0.2, 0.25) is 5.91 Å². The van der Waals surface area contributed by atoms with Crippen molar-refractivity contribution in [1.29, 1.82) is 0 Å². The Morgan fingerprint density at radius 3 is 1.87 bits per heavy atom. The van der Waals surface area contributed by atoms with Crippen molar-refractivity contribution >= 4 is 28.7 Å². The van der Waals surface area contributed by atoms with Gasteiger partial charge in [-0.05, 0) is 85.9 Å². The van der Waals surface area contributed by atoms with Gasteiger partial charge < -0.3 is 29.9 Å². The van der Waals surface area contributed by atoms with Crippen molar-refractivity contribution in [2.45, 2.75) is 77.5 Å². The zero-order chi connectivity index (χ0) is 45.2. The van der Waals surface area contributed by atoms with Crippen LogP contribution in [0.2, 0.25) is 0 Å². The van der Waals surface area contributed by atoms with Crippen molar-refractivity contribution in [3.05, 3.63) is 135 Å². The van der Waals surface area contributed by atoms with Gasteiger partial charge in [-0.1, -0.05) is 74.5 Å². The highest BCUT2D eigenvalue weighted by atomic mass is 19.4. The summed E-state index contributed by atoms with van der Waals surface area (Å²) in [5.74, 6) is -5.43. The number of nitrogens with zero attached hydrogens (tertiary/aromatic N) is 4. The Bertz CT molecular complexity index is 2350. The van der Waals surface area contributed by atoms with Crippen LogP contribution in [0.25, 0.3) is 22.0 Å². The van der Waals surface area contributed by atoms with E-state index >= 15 is 0 Å². The van der Waals surface area contributed by atoms with Gasteiger partial charge >= 0.3 is 18.1 Å². The van der Waals surface area contributed by atoms with E-state index in [1.54, 1.807) is 33.7 Å². The fourth-order valence-electron chi connectivity index (χ4n) is 6.88. The number of aliphatic carboxylic acids is 2. The minimum absolute atomic E-state index is 0.0621. The summed E-state index contributed by atoms with van der Waals surface area (Å²) in [6.07, 6.45) is -8.80. The number of carboxylic acids is 2. The van der Waals surface area contributed by atoms with Crippen molar-refractivity contribution < 1.29 is 56.8 Å². The first-order valence-electron chi connectivity index (χ1n) is 19.2. The minimum Gasteiger partial charge on any atom is -0.479 e. The van der Waals surface area contributed by atoms with Gasteiger partial charge in [0.05, 0.1) is 16.5 Å². The number of carbonyl (C=O) groups excluding carboxylic acids is 1. The minimum atomic E-state index is -4.42. The van der Waals surface area contributed by atoms with Gasteiger partial charge in [0.1, 0.15) is 12.4 Å². The standard InChI is InChI=1S/C40H41F5N4O2.C4H6O6/c1-5-48(6-2)39(3,4)26-47(24-27-14-16-28(17-15-27)29-18-21-31(22-19-29)40(43,44)45)36(50)25-49-34-13-8-7-11-32(34)38(51)46-35(49)23-20-30-10-9-12-33(41)37(30)42;5-1(3(7)8)2(6)4(9)10/h7-19,21-22H,5-6,20,23-26H2,1-4H3;1-2,5-6H,(H,7,8)(H,9,10). The normalized spacial score (nSPS) is 12.7. The van der Waals surface area contributed by atoms with Crippen molar-refractivity contribution in [3.63, 3.8) is 0 Å². The van der Waals surface area contributed by atoms with E-state index in [1.807, 2.05) is 24.3 Å².